The van der Waals surface area contributed by atoms with Crippen molar-refractivity contribution in [2.24, 2.45) is 0 Å². The van der Waals surface area contributed by atoms with Crippen molar-refractivity contribution in [1.82, 2.24) is 9.62 Å². The Labute approximate surface area is 125 Å². The van der Waals surface area contributed by atoms with Gasteiger partial charge in [0.15, 0.2) is 0 Å². The van der Waals surface area contributed by atoms with Gasteiger partial charge in [0.05, 0.1) is 16.3 Å². The lowest BCUT2D eigenvalue weighted by Crippen LogP contribution is -2.28. The van der Waals surface area contributed by atoms with Crippen LogP contribution in [0.15, 0.2) is 23.1 Å². The summed E-state index contributed by atoms with van der Waals surface area (Å²) in [6.07, 6.45) is 3.69. The van der Waals surface area contributed by atoms with Gasteiger partial charge in [-0.1, -0.05) is 0 Å². The van der Waals surface area contributed by atoms with E-state index in [1.54, 1.807) is 12.1 Å². The standard InChI is InChI=1S/C14H22N4O2S/c1-16-21(19,20)12-4-5-13(15)14(8-12)17-10-6-7-18(9-10)11-2-3-11/h4-5,8,10-11,16-17H,2-3,6-7,9,15H2,1H3. The zero-order chi connectivity index (χ0) is 15.0. The molecule has 1 unspecified atom stereocenters. The highest BCUT2D eigenvalue weighted by Gasteiger charge is 2.34. The van der Waals surface area contributed by atoms with Gasteiger partial charge in [-0.3, -0.25) is 4.90 Å². The molecule has 7 heteroatoms. The molecule has 3 rings (SSSR count). The molecule has 0 amide bonds. The van der Waals surface area contributed by atoms with E-state index in [1.165, 1.54) is 26.0 Å². The van der Waals surface area contributed by atoms with E-state index in [0.29, 0.717) is 17.4 Å². The number of benzene rings is 1. The minimum atomic E-state index is -3.44. The molecule has 116 valence electrons. The number of nitrogens with two attached hydrogens (primary N) is 1. The molecule has 1 aliphatic carbocycles. The largest absolute Gasteiger partial charge is 0.397 e. The van der Waals surface area contributed by atoms with Gasteiger partial charge in [-0.2, -0.15) is 0 Å². The van der Waals surface area contributed by atoms with Crippen LogP contribution in [0.25, 0.3) is 0 Å². The zero-order valence-corrected chi connectivity index (χ0v) is 13.0. The second kappa shape index (κ2) is 5.47. The molecule has 0 spiro atoms. The first kappa shape index (κ1) is 14.6. The van der Waals surface area contributed by atoms with Crippen molar-refractivity contribution in [2.75, 3.05) is 31.2 Å². The SMILES string of the molecule is CNS(=O)(=O)c1ccc(N)c(NC2CCN(C3CC3)C2)c1. The van der Waals surface area contributed by atoms with Crippen LogP contribution in [0.3, 0.4) is 0 Å². The Morgan fingerprint density at radius 3 is 2.71 bits per heavy atom. The van der Waals surface area contributed by atoms with E-state index >= 15 is 0 Å². The van der Waals surface area contributed by atoms with E-state index in [9.17, 15) is 8.42 Å². The van der Waals surface area contributed by atoms with Crippen molar-refractivity contribution in [3.8, 4) is 0 Å². The van der Waals surface area contributed by atoms with Crippen LogP contribution in [0.4, 0.5) is 11.4 Å². The maximum absolute atomic E-state index is 11.9. The highest BCUT2D eigenvalue weighted by molar-refractivity contribution is 7.89. The first-order valence-corrected chi connectivity index (χ1v) is 8.81. The van der Waals surface area contributed by atoms with Gasteiger partial charge in [-0.25, -0.2) is 13.1 Å². The monoisotopic (exact) mass is 310 g/mol. The highest BCUT2D eigenvalue weighted by atomic mass is 32.2. The Morgan fingerprint density at radius 2 is 2.05 bits per heavy atom. The topological polar surface area (TPSA) is 87.5 Å². The van der Waals surface area contributed by atoms with E-state index in [4.69, 9.17) is 5.73 Å². The molecule has 1 heterocycles. The van der Waals surface area contributed by atoms with Crippen molar-refractivity contribution < 1.29 is 8.42 Å². The molecule has 6 nitrogen and oxygen atoms in total. The first-order chi connectivity index (χ1) is 9.99. The number of sulfonamides is 1. The van der Waals surface area contributed by atoms with Crippen molar-refractivity contribution in [2.45, 2.75) is 36.2 Å². The van der Waals surface area contributed by atoms with Gasteiger partial charge in [0.2, 0.25) is 10.0 Å². The number of hydrogen-bond donors (Lipinski definition) is 3. The predicted octanol–water partition coefficient (Wildman–Crippen LogP) is 0.825. The second-order valence-electron chi connectivity index (χ2n) is 5.81. The molecule has 1 aromatic rings. The smallest absolute Gasteiger partial charge is 0.240 e. The van der Waals surface area contributed by atoms with Crippen LogP contribution in [-0.4, -0.2) is 45.5 Å². The zero-order valence-electron chi connectivity index (χ0n) is 12.2. The lowest BCUT2D eigenvalue weighted by atomic mass is 10.2. The van der Waals surface area contributed by atoms with E-state index in [2.05, 4.69) is 14.9 Å². The maximum Gasteiger partial charge on any atom is 0.240 e. The average molecular weight is 310 g/mol. The number of nitrogens with one attached hydrogen (secondary N) is 2. The van der Waals surface area contributed by atoms with Crippen LogP contribution in [-0.2, 0) is 10.0 Å². The van der Waals surface area contributed by atoms with Crippen molar-refractivity contribution in [3.05, 3.63) is 18.2 Å². The Kier molecular flexibility index (Phi) is 3.81. The quantitative estimate of drug-likeness (QED) is 0.701. The number of hydrogen-bond acceptors (Lipinski definition) is 5. The molecule has 1 aliphatic heterocycles. The molecule has 21 heavy (non-hydrogen) atoms. The lowest BCUT2D eigenvalue weighted by molar-refractivity contribution is 0.326. The molecule has 2 fully saturated rings. The molecule has 1 aromatic carbocycles. The normalized spacial score (nSPS) is 23.4. The number of likely N-dealkylation sites (tertiary alicyclic amines) is 1. The summed E-state index contributed by atoms with van der Waals surface area (Å²) in [5, 5.41) is 3.40. The Hall–Kier alpha value is -1.31. The highest BCUT2D eigenvalue weighted by Crippen LogP contribution is 2.31. The molecule has 1 saturated carbocycles. The van der Waals surface area contributed by atoms with Crippen LogP contribution in [0.5, 0.6) is 0 Å². The Balaban J connectivity index is 1.74. The van der Waals surface area contributed by atoms with Crippen LogP contribution in [0.1, 0.15) is 19.3 Å². The molecule has 1 atom stereocenters. The fraction of sp³-hybridized carbons (Fsp3) is 0.571. The van der Waals surface area contributed by atoms with Gasteiger partial charge in [-0.15, -0.1) is 0 Å². The van der Waals surface area contributed by atoms with E-state index in [-0.39, 0.29) is 4.90 Å². The number of nitrogen functional groups attached to an aromatic ring is 1. The van der Waals surface area contributed by atoms with Crippen LogP contribution in [0.2, 0.25) is 0 Å². The van der Waals surface area contributed by atoms with Gasteiger partial charge < -0.3 is 11.1 Å². The summed E-state index contributed by atoms with van der Waals surface area (Å²) in [6, 6.07) is 5.88. The number of nitrogens with zero attached hydrogens (tertiary/aromatic N) is 1. The third kappa shape index (κ3) is 3.14. The summed E-state index contributed by atoms with van der Waals surface area (Å²) in [6.45, 7) is 2.11. The van der Waals surface area contributed by atoms with E-state index < -0.39 is 10.0 Å². The molecule has 2 aliphatic rings. The first-order valence-electron chi connectivity index (χ1n) is 7.33. The lowest BCUT2D eigenvalue weighted by Gasteiger charge is -2.18. The van der Waals surface area contributed by atoms with E-state index in [0.717, 1.165) is 25.6 Å². The minimum absolute atomic E-state index is 0.235. The molecular formula is C14H22N4O2S. The third-order valence-electron chi connectivity index (χ3n) is 4.25. The fourth-order valence-electron chi connectivity index (χ4n) is 2.84. The Bertz CT molecular complexity index is 628. The van der Waals surface area contributed by atoms with Gasteiger partial charge in [-0.05, 0) is 44.5 Å². The number of rotatable bonds is 5. The summed E-state index contributed by atoms with van der Waals surface area (Å²) in [5.74, 6) is 0. The molecule has 0 radical (unpaired) electrons. The summed E-state index contributed by atoms with van der Waals surface area (Å²) < 4.78 is 26.1. The van der Waals surface area contributed by atoms with Crippen molar-refractivity contribution in [1.29, 1.82) is 0 Å². The van der Waals surface area contributed by atoms with Gasteiger partial charge in [0.1, 0.15) is 0 Å². The van der Waals surface area contributed by atoms with Gasteiger partial charge in [0, 0.05) is 25.2 Å². The van der Waals surface area contributed by atoms with Crippen LogP contribution >= 0.6 is 0 Å². The minimum Gasteiger partial charge on any atom is -0.397 e. The molecule has 0 bridgehead atoms. The summed E-state index contributed by atoms with van der Waals surface area (Å²) in [4.78, 5) is 2.74. The summed E-state index contributed by atoms with van der Waals surface area (Å²) >= 11 is 0. The van der Waals surface area contributed by atoms with E-state index in [1.807, 2.05) is 0 Å². The van der Waals surface area contributed by atoms with Gasteiger partial charge in [0.25, 0.3) is 0 Å². The predicted molar refractivity (Wildman–Crippen MR) is 83.7 cm³/mol. The summed E-state index contributed by atoms with van der Waals surface area (Å²) in [7, 11) is -2.04. The molecular weight excluding hydrogens is 288 g/mol. The van der Waals surface area contributed by atoms with Crippen molar-refractivity contribution in [3.63, 3.8) is 0 Å². The van der Waals surface area contributed by atoms with Crippen molar-refractivity contribution >= 4 is 21.4 Å². The fourth-order valence-corrected chi connectivity index (χ4v) is 3.60. The number of anilines is 2. The maximum atomic E-state index is 11.9. The van der Waals surface area contributed by atoms with Gasteiger partial charge >= 0.3 is 0 Å². The summed E-state index contributed by atoms with van der Waals surface area (Å²) in [5.41, 5.74) is 7.25. The average Bonchev–Trinajstić information content (AvgIpc) is 3.21. The Morgan fingerprint density at radius 1 is 1.29 bits per heavy atom. The third-order valence-corrected chi connectivity index (χ3v) is 5.66. The second-order valence-corrected chi connectivity index (χ2v) is 7.70. The molecule has 0 aromatic heterocycles. The van der Waals surface area contributed by atoms with Crippen LogP contribution in [0, 0.1) is 0 Å². The molecule has 1 saturated heterocycles. The van der Waals surface area contributed by atoms with Crippen LogP contribution < -0.4 is 15.8 Å². The molecule has 4 N–H and O–H groups in total.